The van der Waals surface area contributed by atoms with Crippen LogP contribution in [0.15, 0.2) is 30.3 Å². The van der Waals surface area contributed by atoms with Crippen LogP contribution in [0.25, 0.3) is 0 Å². The van der Waals surface area contributed by atoms with Crippen molar-refractivity contribution in [2.75, 3.05) is 13.2 Å². The minimum absolute atomic E-state index is 0.0171. The number of ketones is 1. The van der Waals surface area contributed by atoms with Crippen LogP contribution in [0.4, 0.5) is 4.39 Å². The predicted octanol–water partition coefficient (Wildman–Crippen LogP) is 1.73. The molecule has 1 saturated heterocycles. The van der Waals surface area contributed by atoms with E-state index in [0.29, 0.717) is 13.0 Å². The maximum atomic E-state index is 14.4. The third-order valence-corrected chi connectivity index (χ3v) is 4.68. The van der Waals surface area contributed by atoms with Gasteiger partial charge in [-0.15, -0.1) is 0 Å². The molecule has 4 atom stereocenters. The number of nitrogens with zero attached hydrogens (tertiary/aromatic N) is 1. The number of likely N-dealkylation sites (tertiary alicyclic amines) is 1. The van der Waals surface area contributed by atoms with Gasteiger partial charge in [-0.3, -0.25) is 9.69 Å². The molecule has 4 nitrogen and oxygen atoms in total. The van der Waals surface area contributed by atoms with Crippen LogP contribution in [0, 0.1) is 0 Å². The van der Waals surface area contributed by atoms with E-state index >= 15 is 0 Å². The van der Waals surface area contributed by atoms with Crippen molar-refractivity contribution in [1.29, 1.82) is 0 Å². The Bertz CT molecular complexity index is 496. The molecule has 0 bridgehead atoms. The van der Waals surface area contributed by atoms with Crippen LogP contribution in [0.3, 0.4) is 0 Å². The van der Waals surface area contributed by atoms with E-state index in [-0.39, 0.29) is 18.8 Å². The van der Waals surface area contributed by atoms with Gasteiger partial charge in [-0.25, -0.2) is 4.39 Å². The highest BCUT2D eigenvalue weighted by atomic mass is 19.1. The van der Waals surface area contributed by atoms with Crippen LogP contribution >= 0.6 is 0 Å². The SMILES string of the molecule is CCC(=O)C[C@@H]1[C@H](F)[C@H](O)[C@@H](CO)N1CCCc1ccccc1. The Labute approximate surface area is 136 Å². The third kappa shape index (κ3) is 4.37. The summed E-state index contributed by atoms with van der Waals surface area (Å²) in [5, 5.41) is 19.5. The van der Waals surface area contributed by atoms with Crippen molar-refractivity contribution >= 4 is 5.78 Å². The number of alkyl halides is 1. The number of aryl methyl sites for hydroxylation is 1. The molecular weight excluding hydrogens is 297 g/mol. The number of carbonyl (C=O) groups is 1. The third-order valence-electron chi connectivity index (χ3n) is 4.68. The monoisotopic (exact) mass is 323 g/mol. The number of hydrogen-bond donors (Lipinski definition) is 2. The van der Waals surface area contributed by atoms with Gasteiger partial charge in [0.05, 0.1) is 18.7 Å². The van der Waals surface area contributed by atoms with Crippen molar-refractivity contribution in [3.05, 3.63) is 35.9 Å². The first-order valence-corrected chi connectivity index (χ1v) is 8.32. The highest BCUT2D eigenvalue weighted by Gasteiger charge is 2.48. The molecule has 0 spiro atoms. The summed E-state index contributed by atoms with van der Waals surface area (Å²) in [6.07, 6.45) is -0.628. The number of carbonyl (C=O) groups excluding carboxylic acids is 1. The van der Waals surface area contributed by atoms with Crippen LogP contribution in [0.2, 0.25) is 0 Å². The number of hydrogen-bond acceptors (Lipinski definition) is 4. The molecule has 1 aliphatic rings. The Kier molecular flexibility index (Phi) is 6.69. The normalized spacial score (nSPS) is 28.2. The lowest BCUT2D eigenvalue weighted by molar-refractivity contribution is -0.120. The maximum absolute atomic E-state index is 14.4. The summed E-state index contributed by atoms with van der Waals surface area (Å²) >= 11 is 0. The van der Waals surface area contributed by atoms with Crippen LogP contribution in [-0.2, 0) is 11.2 Å². The second-order valence-electron chi connectivity index (χ2n) is 6.18. The lowest BCUT2D eigenvalue weighted by atomic mass is 10.0. The second-order valence-corrected chi connectivity index (χ2v) is 6.18. The first-order chi connectivity index (χ1) is 11.1. The Morgan fingerprint density at radius 3 is 2.57 bits per heavy atom. The highest BCUT2D eigenvalue weighted by molar-refractivity contribution is 5.78. The molecule has 1 aliphatic heterocycles. The van der Waals surface area contributed by atoms with E-state index < -0.39 is 24.4 Å². The molecule has 1 aromatic carbocycles. The van der Waals surface area contributed by atoms with Crippen molar-refractivity contribution in [2.24, 2.45) is 0 Å². The van der Waals surface area contributed by atoms with E-state index in [1.807, 2.05) is 30.3 Å². The fraction of sp³-hybridized carbons (Fsp3) is 0.611. The van der Waals surface area contributed by atoms with E-state index in [0.717, 1.165) is 12.8 Å². The molecule has 0 unspecified atom stereocenters. The molecule has 128 valence electrons. The Morgan fingerprint density at radius 1 is 1.26 bits per heavy atom. The number of Topliss-reactive ketones (excluding diaryl/α,β-unsaturated/α-hetero) is 1. The predicted molar refractivity (Wildman–Crippen MR) is 86.9 cm³/mol. The molecule has 2 rings (SSSR count). The van der Waals surface area contributed by atoms with Gasteiger partial charge in [-0.05, 0) is 24.9 Å². The summed E-state index contributed by atoms with van der Waals surface area (Å²) in [6, 6.07) is 8.73. The average molecular weight is 323 g/mol. The highest BCUT2D eigenvalue weighted by Crippen LogP contribution is 2.30. The summed E-state index contributed by atoms with van der Waals surface area (Å²) in [5.41, 5.74) is 1.20. The fourth-order valence-corrected chi connectivity index (χ4v) is 3.33. The number of benzene rings is 1. The van der Waals surface area contributed by atoms with Crippen LogP contribution in [0.1, 0.15) is 31.7 Å². The number of halogens is 1. The summed E-state index contributed by atoms with van der Waals surface area (Å²) in [6.45, 7) is 2.01. The summed E-state index contributed by atoms with van der Waals surface area (Å²) in [4.78, 5) is 13.5. The summed E-state index contributed by atoms with van der Waals surface area (Å²) in [5.74, 6) is -0.0171. The smallest absolute Gasteiger partial charge is 0.143 e. The van der Waals surface area contributed by atoms with Gasteiger partial charge in [-0.2, -0.15) is 0 Å². The quantitative estimate of drug-likeness (QED) is 0.765. The molecule has 1 heterocycles. The molecular formula is C18H26FNO3. The zero-order valence-electron chi connectivity index (χ0n) is 13.6. The van der Waals surface area contributed by atoms with Gasteiger partial charge in [0.1, 0.15) is 18.1 Å². The number of aliphatic hydroxyl groups excluding tert-OH is 2. The zero-order valence-corrected chi connectivity index (χ0v) is 13.6. The van der Waals surface area contributed by atoms with Gasteiger partial charge in [0.2, 0.25) is 0 Å². The van der Waals surface area contributed by atoms with E-state index in [9.17, 15) is 19.4 Å². The molecule has 0 aliphatic carbocycles. The van der Waals surface area contributed by atoms with Crippen LogP contribution in [0.5, 0.6) is 0 Å². The molecule has 0 aromatic heterocycles. The van der Waals surface area contributed by atoms with E-state index in [1.165, 1.54) is 5.56 Å². The van der Waals surface area contributed by atoms with Crippen molar-refractivity contribution in [3.63, 3.8) is 0 Å². The van der Waals surface area contributed by atoms with Gasteiger partial charge in [0.15, 0.2) is 0 Å². The molecule has 2 N–H and O–H groups in total. The lowest BCUT2D eigenvalue weighted by Crippen LogP contribution is -2.42. The second kappa shape index (κ2) is 8.52. The Hall–Kier alpha value is -1.30. The summed E-state index contributed by atoms with van der Waals surface area (Å²) < 4.78 is 14.4. The fourth-order valence-electron chi connectivity index (χ4n) is 3.33. The zero-order chi connectivity index (χ0) is 16.8. The van der Waals surface area contributed by atoms with Crippen molar-refractivity contribution in [2.45, 2.75) is 57.0 Å². The molecule has 0 radical (unpaired) electrons. The maximum Gasteiger partial charge on any atom is 0.143 e. The van der Waals surface area contributed by atoms with Gasteiger partial charge < -0.3 is 10.2 Å². The molecule has 0 saturated carbocycles. The molecule has 1 aromatic rings. The van der Waals surface area contributed by atoms with E-state index in [2.05, 4.69) is 0 Å². The van der Waals surface area contributed by atoms with Gasteiger partial charge in [-0.1, -0.05) is 37.3 Å². The average Bonchev–Trinajstić information content (AvgIpc) is 2.80. The Morgan fingerprint density at radius 2 is 1.96 bits per heavy atom. The van der Waals surface area contributed by atoms with Crippen molar-refractivity contribution in [3.8, 4) is 0 Å². The largest absolute Gasteiger partial charge is 0.395 e. The minimum Gasteiger partial charge on any atom is -0.395 e. The van der Waals surface area contributed by atoms with E-state index in [1.54, 1.807) is 11.8 Å². The first kappa shape index (κ1) is 18.0. The minimum atomic E-state index is -1.49. The van der Waals surface area contributed by atoms with Gasteiger partial charge in [0.25, 0.3) is 0 Å². The molecule has 1 fully saturated rings. The standard InChI is InChI=1S/C18H26FNO3/c1-2-14(22)11-15-17(19)18(23)16(12-21)20(15)10-6-9-13-7-4-3-5-8-13/h3-5,7-8,15-18,21,23H,2,6,9-12H2,1H3/t15-,16-,17+,18-/m1/s1. The Balaban J connectivity index is 2.00. The van der Waals surface area contributed by atoms with Crippen molar-refractivity contribution < 1.29 is 19.4 Å². The van der Waals surface area contributed by atoms with E-state index in [4.69, 9.17) is 0 Å². The van der Waals surface area contributed by atoms with Gasteiger partial charge in [0, 0.05) is 12.8 Å². The number of rotatable bonds is 8. The molecule has 23 heavy (non-hydrogen) atoms. The summed E-state index contributed by atoms with van der Waals surface area (Å²) in [7, 11) is 0. The molecule has 0 amide bonds. The molecule has 5 heteroatoms. The topological polar surface area (TPSA) is 60.8 Å². The lowest BCUT2D eigenvalue weighted by Gasteiger charge is -2.29. The van der Waals surface area contributed by atoms with Gasteiger partial charge >= 0.3 is 0 Å². The number of aliphatic hydroxyl groups is 2. The van der Waals surface area contributed by atoms with Crippen LogP contribution in [-0.4, -0.2) is 58.4 Å². The van der Waals surface area contributed by atoms with Crippen LogP contribution < -0.4 is 0 Å². The van der Waals surface area contributed by atoms with Crippen molar-refractivity contribution in [1.82, 2.24) is 4.90 Å². The first-order valence-electron chi connectivity index (χ1n) is 8.32.